The topological polar surface area (TPSA) is 123 Å². The van der Waals surface area contributed by atoms with E-state index in [0.29, 0.717) is 0 Å². The lowest BCUT2D eigenvalue weighted by molar-refractivity contribution is 0.0585. The van der Waals surface area contributed by atoms with Crippen molar-refractivity contribution in [2.45, 2.75) is 46.1 Å². The minimum atomic E-state index is -0.779. The number of hydrogen-bond donors (Lipinski definition) is 2. The molecule has 0 unspecified atom stereocenters. The molecule has 0 aliphatic rings. The van der Waals surface area contributed by atoms with Crippen LogP contribution < -0.4 is 15.4 Å². The molecule has 1 amide bonds. The minimum Gasteiger partial charge on any atom is -0.443 e. The van der Waals surface area contributed by atoms with Crippen LogP contribution in [0.4, 0.5) is 10.5 Å². The molecular formula is C20H24Cl3N5O4. The number of aromatic nitrogens is 2. The van der Waals surface area contributed by atoms with E-state index in [0.717, 1.165) is 10.5 Å². The molecule has 0 saturated heterocycles. The molecule has 174 valence electrons. The fourth-order valence-electron chi connectivity index (χ4n) is 2.50. The Balaban J connectivity index is 2.42. The number of anilines is 1. The van der Waals surface area contributed by atoms with Crippen LogP contribution in [0.25, 0.3) is 0 Å². The monoisotopic (exact) mass is 503 g/mol. The van der Waals surface area contributed by atoms with Crippen molar-refractivity contribution in [2.24, 2.45) is 10.9 Å². The molecule has 0 saturated carbocycles. The Morgan fingerprint density at radius 3 is 2.28 bits per heavy atom. The van der Waals surface area contributed by atoms with E-state index in [1.807, 2.05) is 13.8 Å². The summed E-state index contributed by atoms with van der Waals surface area (Å²) in [4.78, 5) is 13.8. The smallest absolute Gasteiger partial charge is 0.415 e. The number of ether oxygens (including phenoxy) is 2. The maximum absolute atomic E-state index is 12.7. The minimum absolute atomic E-state index is 0.0865. The number of amidine groups is 1. The number of amides is 1. The van der Waals surface area contributed by atoms with Crippen molar-refractivity contribution in [2.75, 3.05) is 11.4 Å². The summed E-state index contributed by atoms with van der Waals surface area (Å²) in [5.41, 5.74) is 5.82. The van der Waals surface area contributed by atoms with E-state index in [4.69, 9.17) is 55.2 Å². The second kappa shape index (κ2) is 10.4. The Kier molecular flexibility index (Phi) is 8.39. The van der Waals surface area contributed by atoms with Gasteiger partial charge in [0.25, 0.3) is 0 Å². The van der Waals surface area contributed by atoms with Gasteiger partial charge < -0.3 is 20.4 Å². The Morgan fingerprint density at radius 2 is 1.78 bits per heavy atom. The average molecular weight is 505 g/mol. The van der Waals surface area contributed by atoms with Crippen LogP contribution in [0.1, 0.15) is 46.1 Å². The van der Waals surface area contributed by atoms with Crippen LogP contribution in [-0.2, 0) is 4.74 Å². The molecule has 9 nitrogen and oxygen atoms in total. The van der Waals surface area contributed by atoms with Crippen LogP contribution in [0.2, 0.25) is 15.2 Å². The zero-order valence-corrected chi connectivity index (χ0v) is 20.5. The summed E-state index contributed by atoms with van der Waals surface area (Å²) in [5, 5.41) is 20.1. The number of nitrogens with two attached hydrogens (primary N) is 1. The normalized spacial score (nSPS) is 12.1. The van der Waals surface area contributed by atoms with Crippen molar-refractivity contribution in [1.29, 1.82) is 0 Å². The number of nitrogens with zero attached hydrogens (tertiary/aromatic N) is 4. The fraction of sp³-hybridized carbons (Fsp3) is 0.400. The summed E-state index contributed by atoms with van der Waals surface area (Å²) in [6.45, 7) is 8.77. The molecule has 32 heavy (non-hydrogen) atoms. The van der Waals surface area contributed by atoms with E-state index >= 15 is 0 Å². The number of hydrogen-bond acceptors (Lipinski definition) is 7. The van der Waals surface area contributed by atoms with Crippen molar-refractivity contribution < 1.29 is 19.5 Å². The molecule has 12 heteroatoms. The summed E-state index contributed by atoms with van der Waals surface area (Å²) < 4.78 is 11.1. The summed E-state index contributed by atoms with van der Waals surface area (Å²) in [6.07, 6.45) is -0.741. The van der Waals surface area contributed by atoms with E-state index in [1.165, 1.54) is 12.1 Å². The van der Waals surface area contributed by atoms with Gasteiger partial charge in [-0.25, -0.2) is 4.79 Å². The van der Waals surface area contributed by atoms with E-state index in [2.05, 4.69) is 15.4 Å². The van der Waals surface area contributed by atoms with Gasteiger partial charge in [-0.05, 0) is 44.4 Å². The van der Waals surface area contributed by atoms with Crippen molar-refractivity contribution in [1.82, 2.24) is 10.2 Å². The second-order valence-corrected chi connectivity index (χ2v) is 9.25. The summed E-state index contributed by atoms with van der Waals surface area (Å²) in [5.74, 6) is 0.127. The molecule has 0 spiro atoms. The van der Waals surface area contributed by atoms with E-state index in [9.17, 15) is 4.79 Å². The first kappa shape index (κ1) is 25.8. The predicted molar refractivity (Wildman–Crippen MR) is 125 cm³/mol. The first-order chi connectivity index (χ1) is 14.8. The molecule has 0 bridgehead atoms. The molecule has 0 fully saturated rings. The number of carbonyl (C=O) groups excluding carboxylic acids is 1. The summed E-state index contributed by atoms with van der Waals surface area (Å²) in [6, 6.07) is 4.51. The van der Waals surface area contributed by atoms with Gasteiger partial charge in [-0.15, -0.1) is 10.2 Å². The molecule has 2 rings (SSSR count). The van der Waals surface area contributed by atoms with Gasteiger partial charge in [-0.3, -0.25) is 4.90 Å². The standard InChI is InChI=1S/C20H24Cl3N5O4/c1-10(2)12-8-16(25-26-18(12)23)31-17-13(21)6-11(7-14(17)22)28(9-15(24)27-30)19(29)32-20(3,4)5/h6-8,10,30H,9H2,1-5H3,(H2,24,27). The number of oxime groups is 1. The number of benzene rings is 1. The third-order valence-corrected chi connectivity index (χ3v) is 4.79. The number of carbonyl (C=O) groups is 1. The molecule has 0 atom stereocenters. The molecule has 2 aromatic rings. The molecule has 1 aromatic heterocycles. The maximum atomic E-state index is 12.7. The van der Waals surface area contributed by atoms with Gasteiger partial charge in [0.05, 0.1) is 22.3 Å². The first-order valence-corrected chi connectivity index (χ1v) is 10.6. The third kappa shape index (κ3) is 6.75. The number of halogens is 3. The third-order valence-electron chi connectivity index (χ3n) is 3.94. The molecule has 1 aromatic carbocycles. The van der Waals surface area contributed by atoms with E-state index in [-0.39, 0.29) is 50.8 Å². The van der Waals surface area contributed by atoms with E-state index in [1.54, 1.807) is 26.8 Å². The highest BCUT2D eigenvalue weighted by atomic mass is 35.5. The van der Waals surface area contributed by atoms with Crippen LogP contribution in [0.5, 0.6) is 11.6 Å². The van der Waals surface area contributed by atoms with Crippen LogP contribution in [0.3, 0.4) is 0 Å². The Hall–Kier alpha value is -2.49. The van der Waals surface area contributed by atoms with Gasteiger partial charge in [0.15, 0.2) is 16.7 Å². The van der Waals surface area contributed by atoms with Gasteiger partial charge in [0, 0.05) is 6.07 Å². The summed E-state index contributed by atoms with van der Waals surface area (Å²) in [7, 11) is 0. The predicted octanol–water partition coefficient (Wildman–Crippen LogP) is 5.84. The Labute approximate surface area is 201 Å². The largest absolute Gasteiger partial charge is 0.443 e. The van der Waals surface area contributed by atoms with Gasteiger partial charge in [-0.1, -0.05) is 53.8 Å². The Morgan fingerprint density at radius 1 is 1.19 bits per heavy atom. The highest BCUT2D eigenvalue weighted by Gasteiger charge is 2.26. The maximum Gasteiger partial charge on any atom is 0.415 e. The zero-order valence-electron chi connectivity index (χ0n) is 18.2. The molecule has 0 radical (unpaired) electrons. The van der Waals surface area contributed by atoms with Crippen molar-refractivity contribution in [3.63, 3.8) is 0 Å². The molecule has 0 aliphatic heterocycles. The van der Waals surface area contributed by atoms with Gasteiger partial charge in [0.2, 0.25) is 5.88 Å². The van der Waals surface area contributed by atoms with Crippen molar-refractivity contribution in [3.8, 4) is 11.6 Å². The van der Waals surface area contributed by atoms with Crippen LogP contribution >= 0.6 is 34.8 Å². The van der Waals surface area contributed by atoms with Crippen molar-refractivity contribution >= 4 is 52.4 Å². The lowest BCUT2D eigenvalue weighted by Crippen LogP contribution is -2.42. The quantitative estimate of drug-likeness (QED) is 0.219. The molecule has 0 aliphatic carbocycles. The highest BCUT2D eigenvalue weighted by molar-refractivity contribution is 6.37. The molecular weight excluding hydrogens is 481 g/mol. The van der Waals surface area contributed by atoms with Crippen LogP contribution in [0.15, 0.2) is 23.4 Å². The lowest BCUT2D eigenvalue weighted by atomic mass is 10.1. The van der Waals surface area contributed by atoms with E-state index < -0.39 is 11.7 Å². The van der Waals surface area contributed by atoms with Crippen LogP contribution in [0, 0.1) is 0 Å². The SMILES string of the molecule is CC(C)c1cc(Oc2c(Cl)cc(N(C/C(N)=N\O)C(=O)OC(C)(C)C)cc2Cl)nnc1Cl. The molecule has 1 heterocycles. The lowest BCUT2D eigenvalue weighted by Gasteiger charge is -2.27. The molecule has 3 N–H and O–H groups in total. The second-order valence-electron chi connectivity index (χ2n) is 8.08. The highest BCUT2D eigenvalue weighted by Crippen LogP contribution is 2.40. The van der Waals surface area contributed by atoms with Gasteiger partial charge in [0.1, 0.15) is 5.60 Å². The first-order valence-electron chi connectivity index (χ1n) is 9.49. The van der Waals surface area contributed by atoms with Crippen LogP contribution in [-0.4, -0.2) is 39.5 Å². The van der Waals surface area contributed by atoms with Gasteiger partial charge >= 0.3 is 6.09 Å². The van der Waals surface area contributed by atoms with Gasteiger partial charge in [-0.2, -0.15) is 0 Å². The van der Waals surface area contributed by atoms with Crippen molar-refractivity contribution in [3.05, 3.63) is 39.0 Å². The zero-order chi connectivity index (χ0) is 24.2. The summed E-state index contributed by atoms with van der Waals surface area (Å²) >= 11 is 18.9. The Bertz CT molecular complexity index is 1000. The average Bonchev–Trinajstić information content (AvgIpc) is 2.68. The fourth-order valence-corrected chi connectivity index (χ4v) is 3.37. The number of rotatable bonds is 6.